The van der Waals surface area contributed by atoms with Crippen molar-refractivity contribution in [3.05, 3.63) is 71.2 Å². The number of rotatable bonds is 4. The van der Waals surface area contributed by atoms with Crippen LogP contribution in [0.3, 0.4) is 0 Å². The van der Waals surface area contributed by atoms with Gasteiger partial charge in [0.1, 0.15) is 29.8 Å². The van der Waals surface area contributed by atoms with Crippen molar-refractivity contribution in [2.75, 3.05) is 0 Å². The van der Waals surface area contributed by atoms with Gasteiger partial charge in [-0.2, -0.15) is 31.6 Å². The number of nitrogens with zero attached hydrogens (tertiary/aromatic N) is 4. The van der Waals surface area contributed by atoms with Gasteiger partial charge in [0, 0.05) is 18.1 Å². The maximum Gasteiger partial charge on any atom is 0.433 e. The van der Waals surface area contributed by atoms with Gasteiger partial charge in [0.15, 0.2) is 5.82 Å². The minimum atomic E-state index is -5.24. The van der Waals surface area contributed by atoms with Crippen LogP contribution in [0.5, 0.6) is 5.88 Å². The van der Waals surface area contributed by atoms with Crippen molar-refractivity contribution in [2.24, 2.45) is 0 Å². The molecule has 0 N–H and O–H groups in total. The Morgan fingerprint density at radius 1 is 1.03 bits per heavy atom. The second-order valence-electron chi connectivity index (χ2n) is 5.82. The molecule has 3 rings (SSSR count). The third kappa shape index (κ3) is 4.35. The van der Waals surface area contributed by atoms with Crippen LogP contribution in [0.25, 0.3) is 5.69 Å². The maximum absolute atomic E-state index is 13.2. The lowest BCUT2D eigenvalue weighted by Gasteiger charge is -2.16. The first-order chi connectivity index (χ1) is 14.0. The molecule has 0 bridgehead atoms. The van der Waals surface area contributed by atoms with E-state index in [1.165, 1.54) is 35.2 Å². The third-order valence-electron chi connectivity index (χ3n) is 3.85. The zero-order valence-electron chi connectivity index (χ0n) is 14.6. The molecule has 5 nitrogen and oxygen atoms in total. The van der Waals surface area contributed by atoms with Gasteiger partial charge in [0.05, 0.1) is 5.56 Å². The second-order valence-corrected chi connectivity index (χ2v) is 5.82. The van der Waals surface area contributed by atoms with Gasteiger partial charge in [-0.3, -0.25) is 0 Å². The van der Waals surface area contributed by atoms with Crippen molar-refractivity contribution >= 4 is 0 Å². The monoisotopic (exact) mass is 430 g/mol. The van der Waals surface area contributed by atoms with E-state index in [1.54, 1.807) is 0 Å². The van der Waals surface area contributed by atoms with Crippen molar-refractivity contribution < 1.29 is 35.5 Å². The van der Waals surface area contributed by atoms with E-state index < -0.39 is 47.5 Å². The molecular weight excluding hydrogens is 421 g/mol. The van der Waals surface area contributed by atoms with Crippen LogP contribution in [-0.2, 0) is 19.0 Å². The average Bonchev–Trinajstić information content (AvgIpc) is 3.13. The Hall–Kier alpha value is -3.62. The first-order valence-electron chi connectivity index (χ1n) is 8.01. The minimum Gasteiger partial charge on any atom is -0.469 e. The Kier molecular flexibility index (Phi) is 5.39. The van der Waals surface area contributed by atoms with Crippen LogP contribution < -0.4 is 4.74 Å². The molecule has 0 unspecified atom stereocenters. The fourth-order valence-electron chi connectivity index (χ4n) is 2.51. The molecule has 0 saturated heterocycles. The van der Waals surface area contributed by atoms with Crippen LogP contribution in [0.4, 0.5) is 30.7 Å². The highest BCUT2D eigenvalue weighted by atomic mass is 19.4. The number of aromatic nitrogens is 3. The fourth-order valence-corrected chi connectivity index (χ4v) is 2.51. The molecule has 156 valence electrons. The molecule has 0 radical (unpaired) electrons. The Bertz CT molecular complexity index is 1100. The highest BCUT2D eigenvalue weighted by molar-refractivity contribution is 5.48. The predicted molar refractivity (Wildman–Crippen MR) is 86.8 cm³/mol. The first kappa shape index (κ1) is 21.1. The summed E-state index contributed by atoms with van der Waals surface area (Å²) >= 11 is 0. The van der Waals surface area contributed by atoms with Gasteiger partial charge in [-0.05, 0) is 30.3 Å². The largest absolute Gasteiger partial charge is 0.469 e. The first-order valence-corrected chi connectivity index (χ1v) is 8.01. The quantitative estimate of drug-likeness (QED) is 0.553. The van der Waals surface area contributed by atoms with Crippen LogP contribution >= 0.6 is 0 Å². The van der Waals surface area contributed by atoms with E-state index in [-0.39, 0.29) is 11.9 Å². The number of nitriles is 1. The summed E-state index contributed by atoms with van der Waals surface area (Å²) in [5, 5.41) is 9.06. The molecule has 30 heavy (non-hydrogen) atoms. The van der Waals surface area contributed by atoms with Gasteiger partial charge in [-0.1, -0.05) is 0 Å². The van der Waals surface area contributed by atoms with Gasteiger partial charge in [0.25, 0.3) is 0 Å². The van der Waals surface area contributed by atoms with Crippen molar-refractivity contribution in [1.82, 2.24) is 14.5 Å². The summed E-state index contributed by atoms with van der Waals surface area (Å²) < 4.78 is 98.0. The predicted octanol–water partition coefficient (Wildman–Crippen LogP) is 4.89. The van der Waals surface area contributed by atoms with E-state index in [9.17, 15) is 30.7 Å². The summed E-state index contributed by atoms with van der Waals surface area (Å²) in [6.07, 6.45) is -7.71. The number of imidazole rings is 1. The minimum absolute atomic E-state index is 0.0678. The van der Waals surface area contributed by atoms with E-state index in [0.717, 1.165) is 12.1 Å². The SMILES string of the molecule is N#Cc1c(C(F)(F)F)cc(C(F)(F)F)nc1OCc1nccn1-c1ccc(F)cc1. The van der Waals surface area contributed by atoms with Crippen molar-refractivity contribution in [3.63, 3.8) is 0 Å². The Morgan fingerprint density at radius 2 is 1.70 bits per heavy atom. The molecule has 12 heteroatoms. The molecule has 1 aromatic carbocycles. The molecular formula is C18H9F7N4O. The van der Waals surface area contributed by atoms with Crippen LogP contribution in [0.1, 0.15) is 22.6 Å². The summed E-state index contributed by atoms with van der Waals surface area (Å²) in [7, 11) is 0. The highest BCUT2D eigenvalue weighted by Crippen LogP contribution is 2.39. The van der Waals surface area contributed by atoms with E-state index >= 15 is 0 Å². The molecule has 0 amide bonds. The van der Waals surface area contributed by atoms with Crippen LogP contribution in [0.2, 0.25) is 0 Å². The molecule has 0 atom stereocenters. The van der Waals surface area contributed by atoms with Gasteiger partial charge >= 0.3 is 12.4 Å². The second kappa shape index (κ2) is 7.66. The van der Waals surface area contributed by atoms with Crippen LogP contribution in [-0.4, -0.2) is 14.5 Å². The van der Waals surface area contributed by atoms with E-state index in [4.69, 9.17) is 10.00 Å². The molecule has 3 aromatic rings. The number of ether oxygens (including phenoxy) is 1. The lowest BCUT2D eigenvalue weighted by atomic mass is 10.1. The molecule has 0 spiro atoms. The van der Waals surface area contributed by atoms with Crippen LogP contribution in [0, 0.1) is 17.1 Å². The van der Waals surface area contributed by atoms with Gasteiger partial charge in [-0.15, -0.1) is 0 Å². The van der Waals surface area contributed by atoms with Gasteiger partial charge in [0.2, 0.25) is 5.88 Å². The number of hydrogen-bond donors (Lipinski definition) is 0. The number of halogens is 7. The lowest BCUT2D eigenvalue weighted by molar-refractivity contribution is -0.146. The number of pyridine rings is 1. The summed E-state index contributed by atoms with van der Waals surface area (Å²) in [6.45, 7) is -0.606. The number of alkyl halides is 6. The topological polar surface area (TPSA) is 63.7 Å². The zero-order valence-corrected chi connectivity index (χ0v) is 14.6. The lowest BCUT2D eigenvalue weighted by Crippen LogP contribution is -2.17. The van der Waals surface area contributed by atoms with Crippen molar-refractivity contribution in [1.29, 1.82) is 5.26 Å². The summed E-state index contributed by atoms with van der Waals surface area (Å²) in [5.41, 5.74) is -4.44. The maximum atomic E-state index is 13.2. The third-order valence-corrected chi connectivity index (χ3v) is 3.85. The molecule has 0 fully saturated rings. The smallest absolute Gasteiger partial charge is 0.433 e. The van der Waals surface area contributed by atoms with Crippen molar-refractivity contribution in [2.45, 2.75) is 19.0 Å². The zero-order chi connectivity index (χ0) is 22.1. The van der Waals surface area contributed by atoms with Gasteiger partial charge < -0.3 is 9.30 Å². The highest BCUT2D eigenvalue weighted by Gasteiger charge is 2.41. The standard InChI is InChI=1S/C18H9F7N4O/c19-10-1-3-11(4-2-10)29-6-5-27-15(29)9-30-16-12(8-26)13(17(20,21)22)7-14(28-16)18(23,24)25/h1-7H,9H2. The molecule has 0 aliphatic heterocycles. The van der Waals surface area contributed by atoms with Gasteiger partial charge in [-0.25, -0.2) is 14.4 Å². The Balaban J connectivity index is 1.99. The van der Waals surface area contributed by atoms with E-state index in [1.807, 2.05) is 0 Å². The summed E-state index contributed by atoms with van der Waals surface area (Å²) in [5.74, 6) is -1.57. The number of hydrogen-bond acceptors (Lipinski definition) is 4. The normalized spacial score (nSPS) is 11.9. The molecule has 0 saturated carbocycles. The Morgan fingerprint density at radius 3 is 2.27 bits per heavy atom. The number of benzene rings is 1. The summed E-state index contributed by atoms with van der Waals surface area (Å²) in [6, 6.07) is 6.01. The molecule has 2 aromatic heterocycles. The molecule has 2 heterocycles. The molecule has 0 aliphatic carbocycles. The average molecular weight is 430 g/mol. The fraction of sp³-hybridized carbons (Fsp3) is 0.167. The van der Waals surface area contributed by atoms with Crippen LogP contribution in [0.15, 0.2) is 42.7 Å². The summed E-state index contributed by atoms with van der Waals surface area (Å²) in [4.78, 5) is 6.96. The van der Waals surface area contributed by atoms with E-state index in [0.29, 0.717) is 5.69 Å². The Labute approximate surface area is 164 Å². The van der Waals surface area contributed by atoms with E-state index in [2.05, 4.69) is 9.97 Å². The van der Waals surface area contributed by atoms with Crippen molar-refractivity contribution in [3.8, 4) is 17.6 Å². The molecule has 0 aliphatic rings.